The Kier molecular flexibility index (Phi) is 29.0. The number of aryl methyl sites for hydroxylation is 3. The van der Waals surface area contributed by atoms with Gasteiger partial charge in [0.1, 0.15) is 26.4 Å². The number of likely N-dealkylation sites (N-methyl/N-ethyl adjacent to an activating group) is 2. The average molecular weight is 1870 g/mol. The number of hydrogen-bond acceptors (Lipinski definition) is 25. The minimum Gasteiger partial charge on any atom is -0.368 e. The van der Waals surface area contributed by atoms with E-state index in [2.05, 4.69) is 189 Å². The second-order valence-electron chi connectivity index (χ2n) is 36.0. The molecular weight excluding hydrogens is 1750 g/mol. The van der Waals surface area contributed by atoms with Crippen LogP contribution in [-0.2, 0) is 46.4 Å². The predicted molar refractivity (Wildman–Crippen MR) is 514 cm³/mol. The number of imidazole rings is 1. The Balaban J connectivity index is 0.000000149. The normalized spacial score (nSPS) is 17.8. The summed E-state index contributed by atoms with van der Waals surface area (Å²) in [6.07, 6.45) is 20.7. The van der Waals surface area contributed by atoms with Crippen molar-refractivity contribution in [1.29, 1.82) is 0 Å². The summed E-state index contributed by atoms with van der Waals surface area (Å²) in [6, 6.07) is 7.36. The molecule has 6 amide bonds. The van der Waals surface area contributed by atoms with Crippen molar-refractivity contribution < 1.29 is 28.8 Å². The van der Waals surface area contributed by atoms with E-state index >= 15 is 0 Å². The van der Waals surface area contributed by atoms with Gasteiger partial charge in [-0.25, -0.2) is 24.9 Å². The highest BCUT2D eigenvalue weighted by Gasteiger charge is 2.47. The number of piperidine rings is 2. The lowest BCUT2D eigenvalue weighted by Crippen LogP contribution is -2.59. The van der Waals surface area contributed by atoms with Gasteiger partial charge in [-0.05, 0) is 194 Å². The second-order valence-corrected chi connectivity index (χ2v) is 37.4. The second kappa shape index (κ2) is 39.4. The summed E-state index contributed by atoms with van der Waals surface area (Å²) in [5, 5.41) is 22.5. The summed E-state index contributed by atoms with van der Waals surface area (Å²) in [6.45, 7) is 39.6. The SMILES string of the molecule is CC1(C)CC(CN2C(=O)/C(=C\c3ccc[nH]3)c3c(Cl)nc(N)nc32)CC(C)(C)N1.CC1(C)CC(CN2C(=O)/C(=C\c3ncc[nH]3)c3c(Cl)nc(N)nc32)CC(C)(C)N1.CCN(CC)CCNC(=O)c1c[nH]c(/C=C2\C(=O)N(Cc3cc(C)n(C)n3)c3nc(N)nc(Cl)c32)c1.CCN(CC)CCNC(=O)c1c[nH]c(/C=C2\C(=O)N(Cc3cnn(C)c3C)c3nc(N)nc(Cl)c32)c1C. The van der Waals surface area contributed by atoms with Crippen LogP contribution in [0.5, 0.6) is 0 Å². The molecular formula is C90H115Cl4N31O6. The molecule has 0 radical (unpaired) electrons. The third kappa shape index (κ3) is 21.9. The molecule has 0 saturated carbocycles. The van der Waals surface area contributed by atoms with Gasteiger partial charge in [-0.3, -0.25) is 57.7 Å². The van der Waals surface area contributed by atoms with Crippen LogP contribution in [0.2, 0.25) is 20.6 Å². The van der Waals surface area contributed by atoms with Crippen molar-refractivity contribution in [3.05, 3.63) is 167 Å². The fraction of sp³-hybridized carbons (Fsp3) is 0.433. The number of carbonyl (C=O) groups is 6. The van der Waals surface area contributed by atoms with E-state index in [1.165, 1.54) is 9.80 Å². The number of nitrogens with two attached hydrogens (primary N) is 4. The van der Waals surface area contributed by atoms with Crippen LogP contribution >= 0.6 is 46.4 Å². The number of fused-ring (bicyclic) bond motifs is 4. The van der Waals surface area contributed by atoms with E-state index in [4.69, 9.17) is 69.3 Å². The third-order valence-corrected chi connectivity index (χ3v) is 25.0. The number of nitrogens with one attached hydrogen (secondary N) is 8. The highest BCUT2D eigenvalue weighted by molar-refractivity contribution is 6.44. The van der Waals surface area contributed by atoms with Crippen LogP contribution in [-0.4, -0.2) is 217 Å². The Morgan fingerprint density at radius 1 is 0.519 bits per heavy atom. The van der Waals surface area contributed by atoms with E-state index in [1.54, 1.807) is 80.5 Å². The molecule has 0 unspecified atom stereocenters. The summed E-state index contributed by atoms with van der Waals surface area (Å²) >= 11 is 25.7. The highest BCUT2D eigenvalue weighted by atomic mass is 35.5. The number of nitrogens with zero attached hydrogens (tertiary/aromatic N) is 19. The first-order valence-corrected chi connectivity index (χ1v) is 45.0. The van der Waals surface area contributed by atoms with Crippen LogP contribution in [0.15, 0.2) is 61.4 Å². The zero-order chi connectivity index (χ0) is 94.8. The van der Waals surface area contributed by atoms with Gasteiger partial charge in [0.25, 0.3) is 35.4 Å². The minimum atomic E-state index is -0.310. The number of amides is 6. The molecule has 0 aromatic carbocycles. The molecule has 0 bridgehead atoms. The minimum absolute atomic E-state index is 0.0106. The monoisotopic (exact) mass is 1870 g/mol. The zero-order valence-corrected chi connectivity index (χ0v) is 79.8. The summed E-state index contributed by atoms with van der Waals surface area (Å²) in [5.41, 5.74) is 33.9. The average Bonchev–Trinajstić information content (AvgIpc) is 1.62. The predicted octanol–water partition coefficient (Wildman–Crippen LogP) is 11.2. The molecule has 41 heteroatoms. The van der Waals surface area contributed by atoms with Crippen LogP contribution in [0.25, 0.3) is 46.6 Å². The molecule has 10 aromatic heterocycles. The van der Waals surface area contributed by atoms with Crippen LogP contribution in [0, 0.1) is 32.6 Å². The van der Waals surface area contributed by atoms with E-state index in [9.17, 15) is 28.8 Å². The Morgan fingerprint density at radius 3 is 1.37 bits per heavy atom. The van der Waals surface area contributed by atoms with Gasteiger partial charge in [0.05, 0.1) is 80.7 Å². The smallest absolute Gasteiger partial charge is 0.260 e. The quantitative estimate of drug-likeness (QED) is 0.0197. The van der Waals surface area contributed by atoms with Gasteiger partial charge in [0.15, 0.2) is 23.3 Å². The molecule has 2 fully saturated rings. The highest BCUT2D eigenvalue weighted by Crippen LogP contribution is 2.48. The Morgan fingerprint density at radius 2 is 0.954 bits per heavy atom. The molecule has 0 atom stereocenters. The molecule has 16 rings (SSSR count). The fourth-order valence-electron chi connectivity index (χ4n) is 18.4. The van der Waals surface area contributed by atoms with Crippen LogP contribution in [0.1, 0.15) is 203 Å². The van der Waals surface area contributed by atoms with E-state index < -0.39 is 0 Å². The van der Waals surface area contributed by atoms with Gasteiger partial charge in [-0.1, -0.05) is 74.1 Å². The lowest BCUT2D eigenvalue weighted by Gasteiger charge is -2.47. The summed E-state index contributed by atoms with van der Waals surface area (Å²) in [5.74, 6) is 1.65. The number of anilines is 8. The summed E-state index contributed by atoms with van der Waals surface area (Å²) in [7, 11) is 3.68. The number of H-pyrrole nitrogens is 4. The molecule has 16 heterocycles. The maximum Gasteiger partial charge on any atom is 0.260 e. The van der Waals surface area contributed by atoms with Crippen molar-refractivity contribution in [3.8, 4) is 0 Å². The standard InChI is InChI=1S/C25H32ClN9O2.C24H30ClN9O2.C21H27ClN6O.C20H26ClN7O/c1-6-34(7-2)9-8-28-23(36)18-12-29-19(14(18)3)10-17-20-21(26)31-25(27)32-22(20)35(24(17)37)13-16-11-30-33(5)15(16)4;1-5-33(6-2)8-7-27-22(35)15-10-16(28-12-15)11-18-19-20(25)29-24(26)30-21(19)34(23(18)36)13-17-9-14(3)32(4)31-17;1-20(2)9-12(10-21(3,4)27-20)11-28-17-15(16(22)25-19(23)26-17)14(18(28)29)8-13-6-5-7-24-13;1-19(2)8-11(9-20(3,4)27-19)10-28-16-14(15(21)25-18(22)26-16)12(17(28)29)7-13-23-5-6-24-13/h10-12,29H,6-9,13H2,1-5H3,(H,28,36)(H2,27,31,32);9-12,28H,5-8,13H2,1-4H3,(H,27,35)(H2,26,29,30);5-8,12,24,27H,9-11H2,1-4H3,(H2,23,25,26);5-7,11,27H,8-10H2,1-4H3,(H,23,24)(H2,22,25,26)/b17-10-;18-11-;14-8-;12-7-. The zero-order valence-electron chi connectivity index (χ0n) is 76.8. The molecule has 694 valence electrons. The molecule has 37 nitrogen and oxygen atoms in total. The molecule has 2 saturated heterocycles. The van der Waals surface area contributed by atoms with Gasteiger partial charge in [0, 0.05) is 141 Å². The number of hydrogen-bond donors (Lipinski definition) is 12. The number of carbonyl (C=O) groups excluding carboxylic acids is 6. The van der Waals surface area contributed by atoms with Crippen molar-refractivity contribution in [1.82, 2.24) is 115 Å². The lowest BCUT2D eigenvalue weighted by atomic mass is 9.75. The number of nitrogen functional groups attached to an aromatic ring is 4. The first kappa shape index (κ1) is 96.3. The molecule has 10 aromatic rings. The largest absolute Gasteiger partial charge is 0.368 e. The Bertz CT molecular complexity index is 5890. The van der Waals surface area contributed by atoms with Crippen molar-refractivity contribution in [3.63, 3.8) is 0 Å². The van der Waals surface area contributed by atoms with E-state index in [0.717, 1.165) is 93.2 Å². The van der Waals surface area contributed by atoms with Crippen LogP contribution in [0.4, 0.5) is 47.1 Å². The summed E-state index contributed by atoms with van der Waals surface area (Å²) < 4.78 is 3.48. The first-order chi connectivity index (χ1) is 62.0. The number of aromatic nitrogens is 17. The molecule has 16 N–H and O–H groups in total. The van der Waals surface area contributed by atoms with Gasteiger partial charge in [0.2, 0.25) is 23.8 Å². The molecule has 0 spiro atoms. The number of halogens is 4. The van der Waals surface area contributed by atoms with Crippen LogP contribution < -0.4 is 63.8 Å². The number of rotatable bonds is 24. The number of aromatic amines is 4. The molecule has 131 heavy (non-hydrogen) atoms. The lowest BCUT2D eigenvalue weighted by molar-refractivity contribution is -0.114. The molecule has 0 aliphatic carbocycles. The third-order valence-electron chi connectivity index (χ3n) is 24.0. The van der Waals surface area contributed by atoms with Crippen molar-refractivity contribution in [2.24, 2.45) is 25.9 Å². The first-order valence-electron chi connectivity index (χ1n) is 43.5. The van der Waals surface area contributed by atoms with E-state index in [0.29, 0.717) is 140 Å². The van der Waals surface area contributed by atoms with Crippen molar-refractivity contribution in [2.75, 3.05) is 108 Å². The molecule has 6 aliphatic rings. The van der Waals surface area contributed by atoms with Gasteiger partial charge < -0.3 is 73.9 Å². The van der Waals surface area contributed by atoms with Crippen LogP contribution in [0.3, 0.4) is 0 Å². The maximum atomic E-state index is 13.6. The Labute approximate surface area is 780 Å². The van der Waals surface area contributed by atoms with Gasteiger partial charge in [-0.15, -0.1) is 0 Å². The van der Waals surface area contributed by atoms with Crippen molar-refractivity contribution >= 4 is 176 Å². The van der Waals surface area contributed by atoms with Gasteiger partial charge in [-0.2, -0.15) is 30.1 Å². The maximum absolute atomic E-state index is 13.6. The summed E-state index contributed by atoms with van der Waals surface area (Å²) in [4.78, 5) is 140. The Hall–Kier alpha value is -12.2. The fourth-order valence-corrected chi connectivity index (χ4v) is 19.5. The van der Waals surface area contributed by atoms with Gasteiger partial charge >= 0.3 is 0 Å². The molecule has 6 aliphatic heterocycles. The van der Waals surface area contributed by atoms with Crippen molar-refractivity contribution in [2.45, 2.75) is 165 Å². The van der Waals surface area contributed by atoms with E-state index in [-0.39, 0.29) is 115 Å². The topological polar surface area (TPSA) is 489 Å². The van der Waals surface area contributed by atoms with E-state index in [1.807, 2.05) is 59.3 Å².